The highest BCUT2D eigenvalue weighted by Gasteiger charge is 2.37. The van der Waals surface area contributed by atoms with Gasteiger partial charge in [0.05, 0.1) is 20.0 Å². The fraction of sp³-hybridized carbons (Fsp3) is 0.235. The van der Waals surface area contributed by atoms with Crippen molar-refractivity contribution in [3.63, 3.8) is 0 Å². The highest BCUT2D eigenvalue weighted by molar-refractivity contribution is 7.38. The van der Waals surface area contributed by atoms with Crippen molar-refractivity contribution in [3.8, 4) is 0 Å². The van der Waals surface area contributed by atoms with E-state index >= 15 is 0 Å². The molecule has 0 radical (unpaired) electrons. The fourth-order valence-electron chi connectivity index (χ4n) is 2.66. The third-order valence-electron chi connectivity index (χ3n) is 3.90. The predicted octanol–water partition coefficient (Wildman–Crippen LogP) is 6.87. The van der Waals surface area contributed by atoms with Crippen molar-refractivity contribution in [2.45, 2.75) is 26.2 Å². The van der Waals surface area contributed by atoms with E-state index in [1.807, 2.05) is 12.3 Å². The molecular weight excluding hydrogens is 412 g/mol. The van der Waals surface area contributed by atoms with Crippen molar-refractivity contribution < 1.29 is 31.1 Å². The number of hydrogen-bond acceptors (Lipinski definition) is 3. The summed E-state index contributed by atoms with van der Waals surface area (Å²) in [5.74, 6) is -0.743. The second kappa shape index (κ2) is 6.52. The molecule has 0 bridgehead atoms. The summed E-state index contributed by atoms with van der Waals surface area (Å²) < 4.78 is 78.4. The maximum atomic E-state index is 12.9. The Labute approximate surface area is 157 Å². The van der Waals surface area contributed by atoms with Gasteiger partial charge >= 0.3 is 12.4 Å². The van der Waals surface area contributed by atoms with Crippen molar-refractivity contribution in [3.05, 3.63) is 50.7 Å². The van der Waals surface area contributed by atoms with Crippen molar-refractivity contribution in [1.29, 1.82) is 0 Å². The Bertz CT molecular complexity index is 996. The summed E-state index contributed by atoms with van der Waals surface area (Å²) in [5.41, 5.74) is -1.91. The van der Waals surface area contributed by atoms with Gasteiger partial charge in [0.1, 0.15) is 0 Å². The number of halogens is 6. The van der Waals surface area contributed by atoms with Gasteiger partial charge in [-0.2, -0.15) is 26.3 Å². The number of aryl methyl sites for hydroxylation is 2. The summed E-state index contributed by atoms with van der Waals surface area (Å²) in [7, 11) is 0. The van der Waals surface area contributed by atoms with Gasteiger partial charge < -0.3 is 5.32 Å². The van der Waals surface area contributed by atoms with Crippen molar-refractivity contribution in [2.75, 3.05) is 5.32 Å². The molecule has 1 amide bonds. The number of carbonyl (C=O) groups excluding carboxylic acids is 1. The van der Waals surface area contributed by atoms with Crippen LogP contribution >= 0.6 is 22.7 Å². The molecule has 1 aromatic carbocycles. The standard InChI is InChI=1S/C17H11F6NOS2/c1-7-6-26-15-12(7)8(2)13(27-15)14(25)24-11-4-9(16(18,19)20)3-10(5-11)17(21,22)23/h3-6H,1-2H3,(H,24,25). The summed E-state index contributed by atoms with van der Waals surface area (Å²) in [6.07, 6.45) is -9.95. The number of fused-ring (bicyclic) bond motifs is 1. The van der Waals surface area contributed by atoms with E-state index in [1.165, 1.54) is 11.3 Å². The minimum absolute atomic E-state index is 0.0192. The van der Waals surface area contributed by atoms with Crippen LogP contribution in [0, 0.1) is 13.8 Å². The highest BCUT2D eigenvalue weighted by Crippen LogP contribution is 2.39. The molecule has 0 aliphatic rings. The molecule has 0 fully saturated rings. The smallest absolute Gasteiger partial charge is 0.321 e. The molecule has 1 N–H and O–H groups in total. The van der Waals surface area contributed by atoms with Gasteiger partial charge in [0.15, 0.2) is 0 Å². The zero-order chi connectivity index (χ0) is 20.1. The van der Waals surface area contributed by atoms with Crippen LogP contribution in [0.4, 0.5) is 32.0 Å². The summed E-state index contributed by atoms with van der Waals surface area (Å²) in [6.45, 7) is 3.56. The minimum Gasteiger partial charge on any atom is -0.321 e. The molecule has 0 unspecified atom stereocenters. The van der Waals surface area contributed by atoms with Crippen LogP contribution in [0.25, 0.3) is 9.40 Å². The minimum atomic E-state index is -4.97. The van der Waals surface area contributed by atoms with Gasteiger partial charge in [-0.05, 0) is 48.6 Å². The maximum Gasteiger partial charge on any atom is 0.416 e. The van der Waals surface area contributed by atoms with E-state index in [2.05, 4.69) is 5.32 Å². The van der Waals surface area contributed by atoms with Crippen molar-refractivity contribution >= 4 is 43.7 Å². The number of hydrogen-bond donors (Lipinski definition) is 1. The second-order valence-electron chi connectivity index (χ2n) is 5.89. The number of anilines is 1. The normalized spacial score (nSPS) is 12.6. The number of carbonyl (C=O) groups is 1. The number of nitrogens with one attached hydrogen (secondary N) is 1. The van der Waals surface area contributed by atoms with Gasteiger partial charge in [-0.3, -0.25) is 4.79 Å². The van der Waals surface area contributed by atoms with Crippen LogP contribution in [0.2, 0.25) is 0 Å². The zero-order valence-corrected chi connectivity index (χ0v) is 15.4. The van der Waals surface area contributed by atoms with Crippen LogP contribution in [-0.2, 0) is 12.4 Å². The molecule has 10 heteroatoms. The Balaban J connectivity index is 2.00. The van der Waals surface area contributed by atoms with Gasteiger partial charge in [0.25, 0.3) is 5.91 Å². The number of alkyl halides is 6. The second-order valence-corrected chi connectivity index (χ2v) is 8.04. The first-order valence-electron chi connectivity index (χ1n) is 7.46. The number of amides is 1. The topological polar surface area (TPSA) is 29.1 Å². The predicted molar refractivity (Wildman–Crippen MR) is 93.6 cm³/mol. The third-order valence-corrected chi connectivity index (χ3v) is 6.42. The van der Waals surface area contributed by atoms with Crippen molar-refractivity contribution in [1.82, 2.24) is 0 Å². The molecule has 3 rings (SSSR count). The highest BCUT2D eigenvalue weighted by atomic mass is 32.2. The molecule has 2 aromatic heterocycles. The maximum absolute atomic E-state index is 12.9. The van der Waals surface area contributed by atoms with Crippen LogP contribution in [0.5, 0.6) is 0 Å². The van der Waals surface area contributed by atoms with Gasteiger partial charge in [0.2, 0.25) is 0 Å². The molecule has 0 saturated heterocycles. The summed E-state index contributed by atoms with van der Waals surface area (Å²) in [5, 5.41) is 4.97. The molecule has 144 valence electrons. The van der Waals surface area contributed by atoms with Crippen LogP contribution in [-0.4, -0.2) is 5.91 Å². The Morgan fingerprint density at radius 3 is 2.00 bits per heavy atom. The SMILES string of the molecule is Cc1csc2sc(C(=O)Nc3cc(C(F)(F)F)cc(C(F)(F)F)c3)c(C)c12. The monoisotopic (exact) mass is 423 g/mol. The Morgan fingerprint density at radius 1 is 0.963 bits per heavy atom. The number of thiophene rings is 2. The molecule has 27 heavy (non-hydrogen) atoms. The fourth-order valence-corrected chi connectivity index (χ4v) is 5.08. The van der Waals surface area contributed by atoms with Gasteiger partial charge in [-0.25, -0.2) is 0 Å². The van der Waals surface area contributed by atoms with E-state index in [1.54, 1.807) is 6.92 Å². The molecule has 2 heterocycles. The summed E-state index contributed by atoms with van der Waals surface area (Å²) >= 11 is 2.58. The molecule has 0 spiro atoms. The first-order valence-corrected chi connectivity index (χ1v) is 9.15. The largest absolute Gasteiger partial charge is 0.416 e. The molecule has 0 aliphatic carbocycles. The lowest BCUT2D eigenvalue weighted by atomic mass is 10.1. The van der Waals surface area contributed by atoms with Crippen LogP contribution in [0.3, 0.4) is 0 Å². The van der Waals surface area contributed by atoms with Crippen LogP contribution < -0.4 is 5.32 Å². The summed E-state index contributed by atoms with van der Waals surface area (Å²) in [6, 6.07) is 0.999. The van der Waals surface area contributed by atoms with Gasteiger partial charge in [-0.1, -0.05) is 0 Å². The molecule has 0 atom stereocenters. The first-order chi connectivity index (χ1) is 12.4. The quantitative estimate of drug-likeness (QED) is 0.448. The Morgan fingerprint density at radius 2 is 1.52 bits per heavy atom. The van der Waals surface area contributed by atoms with E-state index < -0.39 is 35.1 Å². The van der Waals surface area contributed by atoms with E-state index in [0.717, 1.165) is 26.3 Å². The average Bonchev–Trinajstić information content (AvgIpc) is 3.06. The number of rotatable bonds is 2. The lowest BCUT2D eigenvalue weighted by Gasteiger charge is -2.14. The average molecular weight is 423 g/mol. The molecule has 0 saturated carbocycles. The van der Waals surface area contributed by atoms with E-state index in [0.29, 0.717) is 17.7 Å². The first kappa shape index (κ1) is 19.7. The summed E-state index contributed by atoms with van der Waals surface area (Å²) in [4.78, 5) is 12.7. The molecule has 0 aliphatic heterocycles. The number of benzene rings is 1. The van der Waals surface area contributed by atoms with E-state index in [4.69, 9.17) is 0 Å². The van der Waals surface area contributed by atoms with E-state index in [9.17, 15) is 31.1 Å². The van der Waals surface area contributed by atoms with Gasteiger partial charge in [-0.15, -0.1) is 22.7 Å². The van der Waals surface area contributed by atoms with Gasteiger partial charge in [0, 0.05) is 11.1 Å². The Hall–Kier alpha value is -2.07. The Kier molecular flexibility index (Phi) is 4.75. The third kappa shape index (κ3) is 3.81. The van der Waals surface area contributed by atoms with Crippen LogP contribution in [0.1, 0.15) is 31.9 Å². The van der Waals surface area contributed by atoms with Crippen molar-refractivity contribution in [2.24, 2.45) is 0 Å². The molecule has 2 nitrogen and oxygen atoms in total. The lowest BCUT2D eigenvalue weighted by Crippen LogP contribution is -2.15. The zero-order valence-electron chi connectivity index (χ0n) is 13.8. The molecular formula is C17H11F6NOS2. The van der Waals surface area contributed by atoms with Crippen LogP contribution in [0.15, 0.2) is 23.6 Å². The van der Waals surface area contributed by atoms with E-state index in [-0.39, 0.29) is 10.9 Å². The lowest BCUT2D eigenvalue weighted by molar-refractivity contribution is -0.143. The molecule has 3 aromatic rings.